The zero-order valence-corrected chi connectivity index (χ0v) is 10.9. The van der Waals surface area contributed by atoms with Crippen molar-refractivity contribution < 1.29 is 24.2 Å². The Kier molecular flexibility index (Phi) is 6.72. The molecule has 1 fully saturated rings. The number of carbonyl (C=O) groups is 2. The third-order valence-electron chi connectivity index (χ3n) is 3.27. The molecule has 0 aromatic heterocycles. The molecule has 1 aliphatic rings. The molecule has 0 aromatic rings. The molecule has 1 aliphatic carbocycles. The van der Waals surface area contributed by atoms with Crippen LogP contribution in [0.3, 0.4) is 0 Å². The highest BCUT2D eigenvalue weighted by Gasteiger charge is 2.36. The molecule has 2 atom stereocenters. The van der Waals surface area contributed by atoms with Crippen LogP contribution in [-0.4, -0.2) is 36.9 Å². The average Bonchev–Trinajstić information content (AvgIpc) is 2.38. The fourth-order valence-corrected chi connectivity index (χ4v) is 2.29. The van der Waals surface area contributed by atoms with Crippen LogP contribution in [0.2, 0.25) is 0 Å². The second-order valence-electron chi connectivity index (χ2n) is 4.55. The van der Waals surface area contributed by atoms with Crippen molar-refractivity contribution in [3.05, 3.63) is 0 Å². The van der Waals surface area contributed by atoms with Crippen LogP contribution in [0.5, 0.6) is 0 Å². The van der Waals surface area contributed by atoms with Gasteiger partial charge in [0.2, 0.25) is 0 Å². The largest absolute Gasteiger partial charge is 0.481 e. The number of esters is 1. The van der Waals surface area contributed by atoms with Gasteiger partial charge in [-0.05, 0) is 19.8 Å². The van der Waals surface area contributed by atoms with E-state index in [9.17, 15) is 9.59 Å². The minimum absolute atomic E-state index is 0.307. The van der Waals surface area contributed by atoms with Gasteiger partial charge in [0.05, 0.1) is 18.4 Å². The quantitative estimate of drug-likeness (QED) is 0.557. The molecule has 0 aliphatic heterocycles. The van der Waals surface area contributed by atoms with Crippen molar-refractivity contribution >= 4 is 11.9 Å². The Morgan fingerprint density at radius 1 is 1.17 bits per heavy atom. The van der Waals surface area contributed by atoms with Crippen LogP contribution in [0, 0.1) is 11.8 Å². The van der Waals surface area contributed by atoms with Crippen molar-refractivity contribution in [2.24, 2.45) is 11.8 Å². The molecular weight excluding hydrogens is 236 g/mol. The summed E-state index contributed by atoms with van der Waals surface area (Å²) in [6.45, 7) is 3.43. The van der Waals surface area contributed by atoms with Crippen LogP contribution in [0.1, 0.15) is 39.0 Å². The maximum Gasteiger partial charge on any atom is 0.309 e. The van der Waals surface area contributed by atoms with Gasteiger partial charge in [0.1, 0.15) is 0 Å². The molecule has 1 rings (SSSR count). The summed E-state index contributed by atoms with van der Waals surface area (Å²) in [5.41, 5.74) is 0. The molecule has 0 bridgehead atoms. The predicted molar refractivity (Wildman–Crippen MR) is 65.2 cm³/mol. The second kappa shape index (κ2) is 8.08. The Labute approximate surface area is 107 Å². The number of carbonyl (C=O) groups excluding carboxylic acids is 1. The van der Waals surface area contributed by atoms with E-state index in [0.29, 0.717) is 39.1 Å². The van der Waals surface area contributed by atoms with Crippen molar-refractivity contribution in [3.8, 4) is 0 Å². The van der Waals surface area contributed by atoms with E-state index in [1.807, 2.05) is 6.92 Å². The summed E-state index contributed by atoms with van der Waals surface area (Å²) in [5, 5.41) is 9.07. The number of carboxylic acid groups (broad SMARTS) is 1. The number of hydrogen-bond donors (Lipinski definition) is 1. The predicted octanol–water partition coefficient (Wildman–Crippen LogP) is 1.85. The topological polar surface area (TPSA) is 72.8 Å². The van der Waals surface area contributed by atoms with Crippen LogP contribution < -0.4 is 0 Å². The number of aliphatic carboxylic acids is 1. The average molecular weight is 258 g/mol. The SMILES string of the molecule is CCOCCCOC(=O)C1CCCCC1C(=O)O. The van der Waals surface area contributed by atoms with Crippen LogP contribution in [-0.2, 0) is 19.1 Å². The lowest BCUT2D eigenvalue weighted by atomic mass is 9.79. The molecule has 0 radical (unpaired) electrons. The van der Waals surface area contributed by atoms with E-state index >= 15 is 0 Å². The van der Waals surface area contributed by atoms with Crippen LogP contribution in [0.15, 0.2) is 0 Å². The van der Waals surface area contributed by atoms with Gasteiger partial charge in [0.25, 0.3) is 0 Å². The fraction of sp³-hybridized carbons (Fsp3) is 0.846. The Balaban J connectivity index is 2.32. The summed E-state index contributed by atoms with van der Waals surface area (Å²) in [7, 11) is 0. The molecule has 0 amide bonds. The van der Waals surface area contributed by atoms with Gasteiger partial charge in [-0.25, -0.2) is 0 Å². The second-order valence-corrected chi connectivity index (χ2v) is 4.55. The van der Waals surface area contributed by atoms with Gasteiger partial charge < -0.3 is 14.6 Å². The zero-order valence-electron chi connectivity index (χ0n) is 10.9. The summed E-state index contributed by atoms with van der Waals surface area (Å²) < 4.78 is 10.3. The normalized spacial score (nSPS) is 23.6. The van der Waals surface area contributed by atoms with Gasteiger partial charge in [0.15, 0.2) is 0 Å². The summed E-state index contributed by atoms with van der Waals surface area (Å²) in [4.78, 5) is 22.9. The summed E-state index contributed by atoms with van der Waals surface area (Å²) in [6, 6.07) is 0. The van der Waals surface area contributed by atoms with E-state index in [-0.39, 0.29) is 5.97 Å². The Morgan fingerprint density at radius 2 is 1.83 bits per heavy atom. The number of ether oxygens (including phenoxy) is 2. The molecule has 1 saturated carbocycles. The molecule has 5 heteroatoms. The summed E-state index contributed by atoms with van der Waals surface area (Å²) >= 11 is 0. The Bertz CT molecular complexity index is 277. The molecule has 2 unspecified atom stereocenters. The molecule has 104 valence electrons. The van der Waals surface area contributed by atoms with Gasteiger partial charge in [-0.1, -0.05) is 12.8 Å². The van der Waals surface area contributed by atoms with Crippen molar-refractivity contribution in [1.29, 1.82) is 0 Å². The summed E-state index contributed by atoms with van der Waals surface area (Å²) in [5.74, 6) is -2.29. The van der Waals surface area contributed by atoms with Gasteiger partial charge in [0, 0.05) is 19.6 Å². The van der Waals surface area contributed by atoms with Gasteiger partial charge in [-0.3, -0.25) is 9.59 Å². The summed E-state index contributed by atoms with van der Waals surface area (Å²) in [6.07, 6.45) is 3.65. The van der Waals surface area contributed by atoms with Crippen molar-refractivity contribution in [2.75, 3.05) is 19.8 Å². The van der Waals surface area contributed by atoms with Crippen molar-refractivity contribution in [3.63, 3.8) is 0 Å². The highest BCUT2D eigenvalue weighted by molar-refractivity contribution is 5.81. The molecular formula is C13H22O5. The third-order valence-corrected chi connectivity index (χ3v) is 3.27. The molecule has 0 saturated heterocycles. The van der Waals surface area contributed by atoms with E-state index in [2.05, 4.69) is 0 Å². The highest BCUT2D eigenvalue weighted by Crippen LogP contribution is 2.31. The molecule has 0 aromatic carbocycles. The third kappa shape index (κ3) is 4.64. The maximum atomic E-state index is 11.8. The number of hydrogen-bond acceptors (Lipinski definition) is 4. The van der Waals surface area contributed by atoms with Crippen LogP contribution in [0.4, 0.5) is 0 Å². The minimum atomic E-state index is -0.883. The highest BCUT2D eigenvalue weighted by atomic mass is 16.5. The van der Waals surface area contributed by atoms with E-state index in [1.165, 1.54) is 0 Å². The van der Waals surface area contributed by atoms with Crippen molar-refractivity contribution in [1.82, 2.24) is 0 Å². The van der Waals surface area contributed by atoms with E-state index in [1.54, 1.807) is 0 Å². The Hall–Kier alpha value is -1.10. The first-order chi connectivity index (χ1) is 8.66. The zero-order chi connectivity index (χ0) is 13.4. The standard InChI is InChI=1S/C13H22O5/c1-2-17-8-5-9-18-13(16)11-7-4-3-6-10(11)12(14)15/h10-11H,2-9H2,1H3,(H,14,15). The van der Waals surface area contributed by atoms with Crippen molar-refractivity contribution in [2.45, 2.75) is 39.0 Å². The first-order valence-corrected chi connectivity index (χ1v) is 6.64. The smallest absolute Gasteiger partial charge is 0.309 e. The van der Waals surface area contributed by atoms with E-state index in [4.69, 9.17) is 14.6 Å². The number of rotatable bonds is 7. The first kappa shape index (κ1) is 15.0. The van der Waals surface area contributed by atoms with Crippen LogP contribution in [0.25, 0.3) is 0 Å². The lowest BCUT2D eigenvalue weighted by molar-refractivity contribution is -0.160. The lowest BCUT2D eigenvalue weighted by Gasteiger charge is -2.26. The number of carboxylic acids is 1. The monoisotopic (exact) mass is 258 g/mol. The van der Waals surface area contributed by atoms with Crippen LogP contribution >= 0.6 is 0 Å². The molecule has 1 N–H and O–H groups in total. The fourth-order valence-electron chi connectivity index (χ4n) is 2.29. The maximum absolute atomic E-state index is 11.8. The Morgan fingerprint density at radius 3 is 2.44 bits per heavy atom. The first-order valence-electron chi connectivity index (χ1n) is 6.64. The minimum Gasteiger partial charge on any atom is -0.481 e. The lowest BCUT2D eigenvalue weighted by Crippen LogP contribution is -2.34. The van der Waals surface area contributed by atoms with E-state index in [0.717, 1.165) is 12.8 Å². The van der Waals surface area contributed by atoms with Gasteiger partial charge in [-0.15, -0.1) is 0 Å². The molecule has 0 spiro atoms. The van der Waals surface area contributed by atoms with Gasteiger partial charge >= 0.3 is 11.9 Å². The van der Waals surface area contributed by atoms with Gasteiger partial charge in [-0.2, -0.15) is 0 Å². The molecule has 0 heterocycles. The molecule has 18 heavy (non-hydrogen) atoms. The van der Waals surface area contributed by atoms with E-state index < -0.39 is 17.8 Å². The molecule has 5 nitrogen and oxygen atoms in total.